The van der Waals surface area contributed by atoms with Crippen LogP contribution in [0.5, 0.6) is 0 Å². The molecule has 1 saturated carbocycles. The summed E-state index contributed by atoms with van der Waals surface area (Å²) >= 11 is 0. The van der Waals surface area contributed by atoms with Crippen molar-refractivity contribution in [3.8, 4) is 0 Å². The number of piperazine rings is 2. The Balaban J connectivity index is 1.22. The monoisotopic (exact) mass is 434 g/mol. The number of pyridine rings is 1. The standard InChI is InChI=1S/C23H30N8O/c1-29-8-10-30(11-9-29)17-4-5-19(24-14-17)27-22-25-13-16-12-18-21(32)26-15-23(6-2-3-7-23)31(18)20(16)28-22/h4-5,13-14,18H,2-3,6-12,15H2,1H3,(H,26,32)(H,24,25,27,28). The fourth-order valence-corrected chi connectivity index (χ4v) is 5.75. The lowest BCUT2D eigenvalue weighted by Crippen LogP contribution is -2.66. The van der Waals surface area contributed by atoms with E-state index in [1.807, 2.05) is 18.5 Å². The smallest absolute Gasteiger partial charge is 0.243 e. The molecule has 5 heterocycles. The molecule has 1 amide bonds. The summed E-state index contributed by atoms with van der Waals surface area (Å²) < 4.78 is 0. The van der Waals surface area contributed by atoms with Crippen LogP contribution in [-0.2, 0) is 11.2 Å². The second-order valence-electron chi connectivity index (χ2n) is 9.60. The lowest BCUT2D eigenvalue weighted by molar-refractivity contribution is -0.124. The van der Waals surface area contributed by atoms with Crippen LogP contribution >= 0.6 is 0 Å². The molecule has 2 N–H and O–H groups in total. The van der Waals surface area contributed by atoms with Crippen LogP contribution in [-0.4, -0.2) is 77.1 Å². The Morgan fingerprint density at radius 3 is 2.66 bits per heavy atom. The van der Waals surface area contributed by atoms with E-state index in [9.17, 15) is 4.79 Å². The van der Waals surface area contributed by atoms with Gasteiger partial charge >= 0.3 is 0 Å². The number of fused-ring (bicyclic) bond motifs is 4. The fraction of sp³-hybridized carbons (Fsp3) is 0.565. The molecule has 0 aromatic carbocycles. The van der Waals surface area contributed by atoms with Gasteiger partial charge in [0.1, 0.15) is 17.7 Å². The third kappa shape index (κ3) is 3.26. The first-order valence-corrected chi connectivity index (χ1v) is 11.7. The summed E-state index contributed by atoms with van der Waals surface area (Å²) in [6.07, 6.45) is 9.08. The molecule has 1 atom stereocenters. The number of amides is 1. The molecule has 3 aliphatic heterocycles. The van der Waals surface area contributed by atoms with Gasteiger partial charge in [0, 0.05) is 50.9 Å². The van der Waals surface area contributed by atoms with Crippen LogP contribution in [0.1, 0.15) is 31.2 Å². The van der Waals surface area contributed by atoms with Gasteiger partial charge in [0.25, 0.3) is 0 Å². The van der Waals surface area contributed by atoms with Crippen LogP contribution in [0.4, 0.5) is 23.3 Å². The predicted molar refractivity (Wildman–Crippen MR) is 123 cm³/mol. The quantitative estimate of drug-likeness (QED) is 0.752. The number of carbonyl (C=O) groups is 1. The summed E-state index contributed by atoms with van der Waals surface area (Å²) in [6.45, 7) is 4.89. The SMILES string of the molecule is CN1CCN(c2ccc(Nc3ncc4c(n3)N3C(C4)C(=O)NCC34CCCC4)nc2)CC1. The molecule has 168 valence electrons. The van der Waals surface area contributed by atoms with Crippen LogP contribution in [0.2, 0.25) is 0 Å². The molecule has 9 nitrogen and oxygen atoms in total. The van der Waals surface area contributed by atoms with Crippen molar-refractivity contribution >= 4 is 29.2 Å². The summed E-state index contributed by atoms with van der Waals surface area (Å²) in [4.78, 5) is 33.6. The minimum atomic E-state index is -0.164. The Kier molecular flexibility index (Phi) is 4.67. The molecular weight excluding hydrogens is 404 g/mol. The number of carbonyl (C=O) groups excluding carboxylic acids is 1. The highest BCUT2D eigenvalue weighted by Crippen LogP contribution is 2.45. The van der Waals surface area contributed by atoms with E-state index in [1.165, 1.54) is 12.8 Å². The normalized spacial score (nSPS) is 24.4. The van der Waals surface area contributed by atoms with Gasteiger partial charge in [0.15, 0.2) is 0 Å². The van der Waals surface area contributed by atoms with E-state index in [0.29, 0.717) is 18.9 Å². The summed E-state index contributed by atoms with van der Waals surface area (Å²) in [5.74, 6) is 2.28. The average molecular weight is 435 g/mol. The molecule has 2 aromatic rings. The van der Waals surface area contributed by atoms with Gasteiger partial charge < -0.3 is 25.3 Å². The van der Waals surface area contributed by atoms with Crippen molar-refractivity contribution in [1.82, 2.24) is 25.2 Å². The fourth-order valence-electron chi connectivity index (χ4n) is 5.75. The summed E-state index contributed by atoms with van der Waals surface area (Å²) in [5, 5.41) is 6.42. The zero-order valence-electron chi connectivity index (χ0n) is 18.5. The van der Waals surface area contributed by atoms with Crippen LogP contribution in [0.25, 0.3) is 0 Å². The van der Waals surface area contributed by atoms with Crippen molar-refractivity contribution in [2.75, 3.05) is 54.9 Å². The minimum absolute atomic E-state index is 0.00212. The lowest BCUT2D eigenvalue weighted by Gasteiger charge is -2.47. The molecule has 32 heavy (non-hydrogen) atoms. The Hall–Kier alpha value is -2.94. The van der Waals surface area contributed by atoms with E-state index in [2.05, 4.69) is 48.4 Å². The molecule has 4 aliphatic rings. The molecule has 2 aromatic heterocycles. The largest absolute Gasteiger partial charge is 0.368 e. The number of nitrogens with one attached hydrogen (secondary N) is 2. The lowest BCUT2D eigenvalue weighted by atomic mass is 9.90. The molecule has 0 bridgehead atoms. The Morgan fingerprint density at radius 1 is 1.09 bits per heavy atom. The molecule has 1 unspecified atom stereocenters. The number of anilines is 4. The van der Waals surface area contributed by atoms with Crippen molar-refractivity contribution < 1.29 is 4.79 Å². The van der Waals surface area contributed by atoms with Gasteiger partial charge in [-0.1, -0.05) is 12.8 Å². The molecule has 0 radical (unpaired) electrons. The molecule has 2 saturated heterocycles. The Labute approximate surface area is 188 Å². The van der Waals surface area contributed by atoms with Crippen molar-refractivity contribution in [2.45, 2.75) is 43.7 Å². The maximum Gasteiger partial charge on any atom is 0.243 e. The second kappa shape index (κ2) is 7.58. The van der Waals surface area contributed by atoms with Gasteiger partial charge in [0.05, 0.1) is 17.4 Å². The van der Waals surface area contributed by atoms with Crippen LogP contribution < -0.4 is 20.4 Å². The number of nitrogens with zero attached hydrogens (tertiary/aromatic N) is 6. The van der Waals surface area contributed by atoms with E-state index in [0.717, 1.165) is 61.9 Å². The summed E-state index contributed by atoms with van der Waals surface area (Å²) in [7, 11) is 2.16. The number of rotatable bonds is 3. The van der Waals surface area contributed by atoms with Gasteiger partial charge in [-0.25, -0.2) is 9.97 Å². The van der Waals surface area contributed by atoms with Crippen LogP contribution in [0.3, 0.4) is 0 Å². The number of hydrogen-bond acceptors (Lipinski definition) is 8. The van der Waals surface area contributed by atoms with Crippen molar-refractivity contribution in [2.24, 2.45) is 0 Å². The summed E-state index contributed by atoms with van der Waals surface area (Å²) in [5.41, 5.74) is 2.20. The van der Waals surface area contributed by atoms with Crippen LogP contribution in [0.15, 0.2) is 24.5 Å². The number of hydrogen-bond donors (Lipinski definition) is 2. The maximum atomic E-state index is 12.6. The van der Waals surface area contributed by atoms with Crippen LogP contribution in [0, 0.1) is 0 Å². The Morgan fingerprint density at radius 2 is 1.91 bits per heavy atom. The van der Waals surface area contributed by atoms with E-state index in [-0.39, 0.29) is 17.5 Å². The van der Waals surface area contributed by atoms with Crippen molar-refractivity contribution in [1.29, 1.82) is 0 Å². The molecule has 1 spiro atoms. The molecule has 3 fully saturated rings. The van der Waals surface area contributed by atoms with E-state index >= 15 is 0 Å². The van der Waals surface area contributed by atoms with Gasteiger partial charge in [-0.2, -0.15) is 4.98 Å². The van der Waals surface area contributed by atoms with E-state index < -0.39 is 0 Å². The molecular formula is C23H30N8O. The molecule has 1 aliphatic carbocycles. The van der Waals surface area contributed by atoms with Gasteiger partial charge in [-0.15, -0.1) is 0 Å². The number of aromatic nitrogens is 3. The second-order valence-corrected chi connectivity index (χ2v) is 9.60. The third-order valence-electron chi connectivity index (χ3n) is 7.59. The zero-order chi connectivity index (χ0) is 21.7. The highest BCUT2D eigenvalue weighted by atomic mass is 16.2. The highest BCUT2D eigenvalue weighted by molar-refractivity contribution is 5.90. The highest BCUT2D eigenvalue weighted by Gasteiger charge is 2.52. The zero-order valence-corrected chi connectivity index (χ0v) is 18.5. The summed E-state index contributed by atoms with van der Waals surface area (Å²) in [6, 6.07) is 3.93. The molecule has 6 rings (SSSR count). The van der Waals surface area contributed by atoms with E-state index in [1.54, 1.807) is 0 Å². The van der Waals surface area contributed by atoms with Gasteiger partial charge in [0.2, 0.25) is 11.9 Å². The van der Waals surface area contributed by atoms with Gasteiger partial charge in [-0.05, 0) is 32.0 Å². The first-order valence-electron chi connectivity index (χ1n) is 11.7. The first kappa shape index (κ1) is 19.7. The van der Waals surface area contributed by atoms with Crippen molar-refractivity contribution in [3.05, 3.63) is 30.1 Å². The van der Waals surface area contributed by atoms with E-state index in [4.69, 9.17) is 4.98 Å². The maximum absolute atomic E-state index is 12.6. The van der Waals surface area contributed by atoms with Crippen molar-refractivity contribution in [3.63, 3.8) is 0 Å². The first-order chi connectivity index (χ1) is 15.6. The number of likely N-dealkylation sites (N-methyl/N-ethyl adjacent to an activating group) is 1. The predicted octanol–water partition coefficient (Wildman–Crippen LogP) is 1.54. The molecule has 9 heteroatoms. The average Bonchev–Trinajstić information content (AvgIpc) is 3.43. The third-order valence-corrected chi connectivity index (χ3v) is 7.59. The minimum Gasteiger partial charge on any atom is -0.368 e. The van der Waals surface area contributed by atoms with Gasteiger partial charge in [-0.3, -0.25) is 4.79 Å². The topological polar surface area (TPSA) is 89.5 Å². The Bertz CT molecular complexity index is 1010.